The van der Waals surface area contributed by atoms with Gasteiger partial charge in [-0.3, -0.25) is 14.0 Å². The van der Waals surface area contributed by atoms with Crippen molar-refractivity contribution in [3.8, 4) is 11.9 Å². The molecule has 4 aromatic rings. The second-order valence-electron chi connectivity index (χ2n) is 9.07. The molecule has 2 unspecified atom stereocenters. The number of anilines is 2. The molecule has 3 N–H and O–H groups in total. The van der Waals surface area contributed by atoms with Crippen molar-refractivity contribution < 1.29 is 18.7 Å². The second-order valence-corrected chi connectivity index (χ2v) is 9.07. The van der Waals surface area contributed by atoms with Gasteiger partial charge in [-0.1, -0.05) is 0 Å². The third-order valence-electron chi connectivity index (χ3n) is 5.46. The molecule has 0 aromatic carbocycles. The smallest absolute Gasteiger partial charge is 0.255 e. The number of pyridine rings is 2. The summed E-state index contributed by atoms with van der Waals surface area (Å²) < 4.78 is 30.6. The van der Waals surface area contributed by atoms with Crippen molar-refractivity contribution in [1.29, 1.82) is 5.26 Å². The number of amides is 1. The summed E-state index contributed by atoms with van der Waals surface area (Å²) in [6.45, 7) is 3.69. The lowest BCUT2D eigenvalue weighted by Gasteiger charge is -2.22. The van der Waals surface area contributed by atoms with Gasteiger partial charge in [-0.05, 0) is 26.8 Å². The maximum Gasteiger partial charge on any atom is 0.255 e. The van der Waals surface area contributed by atoms with E-state index in [1.165, 1.54) is 50.4 Å². The monoisotopic (exact) mass is 509 g/mol. The fourth-order valence-corrected chi connectivity index (χ4v) is 3.46. The number of nitriles is 1. The normalized spacial score (nSPS) is 13.2. The molecule has 13 heteroatoms. The molecule has 0 saturated heterocycles. The Morgan fingerprint density at radius 1 is 1.22 bits per heavy atom. The number of nitrogens with zero attached hydrogens (tertiary/aromatic N) is 7. The molecule has 192 valence electrons. The minimum absolute atomic E-state index is 0.0584. The minimum atomic E-state index is -1.69. The minimum Gasteiger partial charge on any atom is -0.387 e. The highest BCUT2D eigenvalue weighted by Crippen LogP contribution is 2.25. The van der Waals surface area contributed by atoms with E-state index >= 15 is 0 Å². The number of hydrogen-bond acceptors (Lipinski definition) is 8. The lowest BCUT2D eigenvalue weighted by atomic mass is 10.0. The van der Waals surface area contributed by atoms with E-state index in [2.05, 4.69) is 30.7 Å². The summed E-state index contributed by atoms with van der Waals surface area (Å²) in [5, 5.41) is 28.6. The SMILES string of the molecule is CC(F)Cn1cc(Nc2cc(-n3cnc4cc(C#N)cnc43)ncc2C(=O)NCC(F)C(C)(C)O)cn1. The Hall–Kier alpha value is -4.44. The summed E-state index contributed by atoms with van der Waals surface area (Å²) in [7, 11) is 0. The Bertz CT molecular complexity index is 1470. The Kier molecular flexibility index (Phi) is 7.12. The Labute approximate surface area is 210 Å². The van der Waals surface area contributed by atoms with Gasteiger partial charge in [0.15, 0.2) is 5.65 Å². The molecule has 11 nitrogen and oxygen atoms in total. The van der Waals surface area contributed by atoms with E-state index < -0.39 is 30.4 Å². The number of fused-ring (bicyclic) bond motifs is 1. The highest BCUT2D eigenvalue weighted by atomic mass is 19.1. The van der Waals surface area contributed by atoms with Gasteiger partial charge in [-0.2, -0.15) is 10.4 Å². The Morgan fingerprint density at radius 2 is 2.00 bits per heavy atom. The topological polar surface area (TPSA) is 147 Å². The van der Waals surface area contributed by atoms with Crippen LogP contribution in [0.4, 0.5) is 20.2 Å². The fraction of sp³-hybridized carbons (Fsp3) is 0.333. The van der Waals surface area contributed by atoms with Crippen LogP contribution in [0.25, 0.3) is 17.0 Å². The number of aromatic nitrogens is 6. The van der Waals surface area contributed by atoms with Crippen molar-refractivity contribution >= 4 is 28.4 Å². The molecule has 0 fully saturated rings. The van der Waals surface area contributed by atoms with E-state index in [4.69, 9.17) is 5.26 Å². The van der Waals surface area contributed by atoms with E-state index in [0.29, 0.717) is 33.9 Å². The zero-order valence-corrected chi connectivity index (χ0v) is 20.4. The zero-order chi connectivity index (χ0) is 26.7. The number of alkyl halides is 2. The largest absolute Gasteiger partial charge is 0.387 e. The van der Waals surface area contributed by atoms with Gasteiger partial charge in [0.1, 0.15) is 36.1 Å². The molecule has 37 heavy (non-hydrogen) atoms. The zero-order valence-electron chi connectivity index (χ0n) is 20.4. The number of carbonyl (C=O) groups is 1. The molecular weight excluding hydrogens is 484 g/mol. The lowest BCUT2D eigenvalue weighted by Crippen LogP contribution is -2.42. The average Bonchev–Trinajstić information content (AvgIpc) is 3.47. The third kappa shape index (κ3) is 5.87. The molecule has 4 rings (SSSR count). The van der Waals surface area contributed by atoms with Crippen LogP contribution in [0.5, 0.6) is 0 Å². The van der Waals surface area contributed by atoms with Gasteiger partial charge in [-0.15, -0.1) is 0 Å². The van der Waals surface area contributed by atoms with Gasteiger partial charge in [-0.25, -0.2) is 23.7 Å². The van der Waals surface area contributed by atoms with Crippen LogP contribution in [0.1, 0.15) is 36.7 Å². The van der Waals surface area contributed by atoms with Crippen molar-refractivity contribution in [2.24, 2.45) is 0 Å². The number of imidazole rings is 1. The van der Waals surface area contributed by atoms with Crippen LogP contribution >= 0.6 is 0 Å². The second kappa shape index (κ2) is 10.3. The summed E-state index contributed by atoms with van der Waals surface area (Å²) >= 11 is 0. The number of carbonyl (C=O) groups excluding carboxylic acids is 1. The highest BCUT2D eigenvalue weighted by Gasteiger charge is 2.27. The predicted octanol–water partition coefficient (Wildman–Crippen LogP) is 2.82. The Morgan fingerprint density at radius 3 is 2.70 bits per heavy atom. The fourth-order valence-electron chi connectivity index (χ4n) is 3.46. The number of rotatable bonds is 9. The molecule has 4 heterocycles. The predicted molar refractivity (Wildman–Crippen MR) is 131 cm³/mol. The number of hydrogen-bond donors (Lipinski definition) is 3. The average molecular weight is 510 g/mol. The van der Waals surface area contributed by atoms with E-state index in [1.807, 2.05) is 6.07 Å². The van der Waals surface area contributed by atoms with Gasteiger partial charge >= 0.3 is 0 Å². The molecule has 0 aliphatic rings. The van der Waals surface area contributed by atoms with Crippen molar-refractivity contribution in [2.75, 3.05) is 11.9 Å². The quantitative estimate of drug-likeness (QED) is 0.312. The van der Waals surface area contributed by atoms with Gasteiger partial charge < -0.3 is 15.7 Å². The first-order valence-electron chi connectivity index (χ1n) is 11.4. The van der Waals surface area contributed by atoms with Crippen LogP contribution in [-0.4, -0.2) is 64.8 Å². The summed E-state index contributed by atoms with van der Waals surface area (Å²) in [6, 6.07) is 5.18. The van der Waals surface area contributed by atoms with E-state index in [-0.39, 0.29) is 12.1 Å². The van der Waals surface area contributed by atoms with Crippen LogP contribution in [-0.2, 0) is 6.54 Å². The molecule has 0 bridgehead atoms. The van der Waals surface area contributed by atoms with Crippen LogP contribution in [0, 0.1) is 11.3 Å². The van der Waals surface area contributed by atoms with Crippen molar-refractivity contribution in [1.82, 2.24) is 34.6 Å². The van der Waals surface area contributed by atoms with Crippen molar-refractivity contribution in [2.45, 2.75) is 45.3 Å². The van der Waals surface area contributed by atoms with Crippen LogP contribution < -0.4 is 10.6 Å². The van der Waals surface area contributed by atoms with Crippen molar-refractivity contribution in [3.05, 3.63) is 54.4 Å². The van der Waals surface area contributed by atoms with E-state index in [9.17, 15) is 18.7 Å². The van der Waals surface area contributed by atoms with Crippen LogP contribution in [0.3, 0.4) is 0 Å². The number of nitrogens with one attached hydrogen (secondary N) is 2. The van der Waals surface area contributed by atoms with Crippen LogP contribution in [0.2, 0.25) is 0 Å². The molecule has 0 spiro atoms. The van der Waals surface area contributed by atoms with Crippen molar-refractivity contribution in [3.63, 3.8) is 0 Å². The maximum atomic E-state index is 14.2. The van der Waals surface area contributed by atoms with E-state index in [0.717, 1.165) is 0 Å². The Balaban J connectivity index is 1.69. The summed E-state index contributed by atoms with van der Waals surface area (Å²) in [4.78, 5) is 25.9. The molecule has 0 saturated carbocycles. The summed E-state index contributed by atoms with van der Waals surface area (Å²) in [5.41, 5.74) is 0.562. The molecule has 0 aliphatic heterocycles. The van der Waals surface area contributed by atoms with E-state index in [1.54, 1.807) is 22.9 Å². The molecular formula is C24H25F2N9O2. The summed E-state index contributed by atoms with van der Waals surface area (Å²) in [6.07, 6.45) is 4.49. The first-order valence-corrected chi connectivity index (χ1v) is 11.4. The van der Waals surface area contributed by atoms with Gasteiger partial charge in [0.2, 0.25) is 0 Å². The highest BCUT2D eigenvalue weighted by molar-refractivity contribution is 6.00. The lowest BCUT2D eigenvalue weighted by molar-refractivity contribution is -0.00177. The summed E-state index contributed by atoms with van der Waals surface area (Å²) in [5.74, 6) is -0.256. The third-order valence-corrected chi connectivity index (χ3v) is 5.46. The number of halogens is 2. The van der Waals surface area contributed by atoms with Gasteiger partial charge in [0.05, 0.1) is 47.4 Å². The first kappa shape index (κ1) is 25.6. The maximum absolute atomic E-state index is 14.2. The number of aliphatic hydroxyl groups is 1. The van der Waals surface area contributed by atoms with Gasteiger partial charge in [0, 0.05) is 24.7 Å². The van der Waals surface area contributed by atoms with Gasteiger partial charge in [0.25, 0.3) is 5.91 Å². The molecule has 1 amide bonds. The first-order chi connectivity index (χ1) is 17.5. The molecule has 2 atom stereocenters. The molecule has 0 aliphatic carbocycles. The molecule has 4 aromatic heterocycles. The molecule has 0 radical (unpaired) electrons. The van der Waals surface area contributed by atoms with Crippen LogP contribution in [0.15, 0.2) is 43.2 Å². The standard InChI is InChI=1S/C24H25F2N9O2/c1-14(25)11-34-12-16(8-32-34)33-18-5-21(35-13-31-19-4-15(6-27)7-29-22(19)35)28-9-17(18)23(36)30-10-20(26)24(2,3)37/h4-5,7-9,12-14,20,37H,10-11H2,1-3H3,(H,28,33)(H,30,36).